The number of nitrogens with zero attached hydrogens (tertiary/aromatic N) is 4. The molecule has 1 aliphatic heterocycles. The van der Waals surface area contributed by atoms with Gasteiger partial charge >= 0.3 is 11.9 Å². The minimum absolute atomic E-state index is 0.0289. The van der Waals surface area contributed by atoms with Crippen LogP contribution in [-0.2, 0) is 44.0 Å². The summed E-state index contributed by atoms with van der Waals surface area (Å²) in [5.41, 5.74) is 11.5. The van der Waals surface area contributed by atoms with E-state index in [-0.39, 0.29) is 44.3 Å². The average molecular weight is 882 g/mol. The molecule has 0 unspecified atom stereocenters. The molecule has 3 amide bonds. The van der Waals surface area contributed by atoms with Crippen molar-refractivity contribution in [1.29, 1.82) is 0 Å². The summed E-state index contributed by atoms with van der Waals surface area (Å²) in [4.78, 5) is 60.6. The number of nitrogens with one attached hydrogen (secondary N) is 1. The van der Waals surface area contributed by atoms with Gasteiger partial charge in [0.15, 0.2) is 0 Å². The van der Waals surface area contributed by atoms with Crippen molar-refractivity contribution in [2.45, 2.75) is 23.1 Å². The number of sulfonamides is 2. The number of carbonyl (C=O) groups excluding carboxylic acids is 3. The highest BCUT2D eigenvalue weighted by Crippen LogP contribution is 2.38. The van der Waals surface area contributed by atoms with Gasteiger partial charge in [-0.2, -0.15) is 0 Å². The number of benzene rings is 4. The van der Waals surface area contributed by atoms with Crippen molar-refractivity contribution in [2.75, 3.05) is 73.4 Å². The number of ether oxygens (including phenoxy) is 1. The van der Waals surface area contributed by atoms with E-state index < -0.39 is 56.9 Å². The summed E-state index contributed by atoms with van der Waals surface area (Å²) in [7, 11) is -7.40. The molecule has 61 heavy (non-hydrogen) atoms. The quantitative estimate of drug-likeness (QED) is 0.0893. The molecular formula is C40H47N7O12S2. The highest BCUT2D eigenvalue weighted by Gasteiger charge is 2.32. The first-order valence-electron chi connectivity index (χ1n) is 18.6. The van der Waals surface area contributed by atoms with E-state index in [0.717, 1.165) is 41.3 Å². The van der Waals surface area contributed by atoms with Crippen molar-refractivity contribution < 1.29 is 55.8 Å². The van der Waals surface area contributed by atoms with Crippen molar-refractivity contribution in [2.24, 2.45) is 11.5 Å². The van der Waals surface area contributed by atoms with E-state index in [1.165, 1.54) is 67.8 Å². The van der Waals surface area contributed by atoms with Crippen molar-refractivity contribution in [3.63, 3.8) is 0 Å². The molecule has 0 spiro atoms. The maximum absolute atomic E-state index is 14.2. The van der Waals surface area contributed by atoms with Crippen LogP contribution < -0.4 is 30.1 Å². The number of methoxy groups -OCH3 is 1. The Morgan fingerprint density at radius 1 is 0.689 bits per heavy atom. The molecular weight excluding hydrogens is 835 g/mol. The first-order valence-corrected chi connectivity index (χ1v) is 21.5. The van der Waals surface area contributed by atoms with E-state index in [0.29, 0.717) is 30.1 Å². The second-order valence-corrected chi connectivity index (χ2v) is 17.1. The van der Waals surface area contributed by atoms with Gasteiger partial charge in [-0.15, -0.1) is 0 Å². The first-order chi connectivity index (χ1) is 28.9. The molecule has 4 aromatic carbocycles. The molecule has 326 valence electrons. The van der Waals surface area contributed by atoms with Gasteiger partial charge in [-0.3, -0.25) is 23.0 Å². The van der Waals surface area contributed by atoms with Gasteiger partial charge in [-0.05, 0) is 67.2 Å². The lowest BCUT2D eigenvalue weighted by Crippen LogP contribution is -2.46. The van der Waals surface area contributed by atoms with Gasteiger partial charge in [-0.25, -0.2) is 26.4 Å². The van der Waals surface area contributed by atoms with Gasteiger partial charge in [0.05, 0.1) is 28.3 Å². The second-order valence-electron chi connectivity index (χ2n) is 13.4. The molecule has 0 saturated carbocycles. The number of primary amides is 2. The van der Waals surface area contributed by atoms with Crippen LogP contribution in [0.5, 0.6) is 5.75 Å². The number of likely N-dealkylation sites (N-methyl/N-ethyl adjacent to an activating group) is 1. The Hall–Kier alpha value is -6.55. The Kier molecular flexibility index (Phi) is 16.3. The average Bonchev–Trinajstić information content (AvgIpc) is 3.23. The Labute approximate surface area is 352 Å². The van der Waals surface area contributed by atoms with E-state index in [2.05, 4.69) is 22.0 Å². The number of carbonyl (C=O) groups is 5. The van der Waals surface area contributed by atoms with E-state index in [1.54, 1.807) is 24.3 Å². The minimum Gasteiger partial charge on any atom is -0.497 e. The molecule has 4 aromatic rings. The molecule has 0 atom stereocenters. The third kappa shape index (κ3) is 12.7. The Morgan fingerprint density at radius 3 is 1.51 bits per heavy atom. The molecule has 7 N–H and O–H groups in total. The summed E-state index contributed by atoms with van der Waals surface area (Å²) >= 11 is 0. The number of hydrogen-bond acceptors (Lipinski definition) is 12. The zero-order valence-corrected chi connectivity index (χ0v) is 35.0. The lowest BCUT2D eigenvalue weighted by atomic mass is 10.1. The number of carboxylic acids is 2. The normalized spacial score (nSPS) is 13.5. The molecule has 0 aliphatic carbocycles. The van der Waals surface area contributed by atoms with E-state index >= 15 is 0 Å². The number of anilines is 3. The molecule has 0 bridgehead atoms. The van der Waals surface area contributed by atoms with Crippen LogP contribution in [-0.4, -0.2) is 126 Å². The molecule has 19 nitrogen and oxygen atoms in total. The maximum Gasteiger partial charge on any atom is 0.328 e. The highest BCUT2D eigenvalue weighted by atomic mass is 32.2. The molecule has 1 saturated heterocycles. The van der Waals surface area contributed by atoms with Crippen molar-refractivity contribution in [1.82, 2.24) is 9.80 Å². The Bertz CT molecular complexity index is 2460. The van der Waals surface area contributed by atoms with Crippen LogP contribution in [0.25, 0.3) is 10.8 Å². The van der Waals surface area contributed by atoms with Crippen LogP contribution in [0.4, 0.5) is 17.1 Å². The molecule has 1 aliphatic rings. The predicted molar refractivity (Wildman–Crippen MR) is 227 cm³/mol. The van der Waals surface area contributed by atoms with Gasteiger partial charge in [0.1, 0.15) is 18.8 Å². The number of fused-ring (bicyclic) bond motifs is 1. The molecule has 1 fully saturated rings. The zero-order chi connectivity index (χ0) is 44.9. The van der Waals surface area contributed by atoms with Gasteiger partial charge < -0.3 is 41.5 Å². The van der Waals surface area contributed by atoms with E-state index in [9.17, 15) is 40.8 Å². The zero-order valence-electron chi connectivity index (χ0n) is 33.3. The van der Waals surface area contributed by atoms with Gasteiger partial charge in [0.2, 0.25) is 17.7 Å². The SMILES string of the molecule is CCN1CCN(CCC(=O)Nc2ccc(S(=O)(=O)N(CC(N)=O)c3ccc(N(CC(N)=O)S(=O)(=O)c4ccc(OC)cc4)c4ccccc34)cc2)CC1.O=C(O)/C=C\C(=O)O. The topological polar surface area (TPSA) is 280 Å². The van der Waals surface area contributed by atoms with Gasteiger partial charge in [0.25, 0.3) is 20.0 Å². The predicted octanol–water partition coefficient (Wildman–Crippen LogP) is 1.89. The third-order valence-corrected chi connectivity index (χ3v) is 12.9. The van der Waals surface area contributed by atoms with Crippen molar-refractivity contribution in [3.8, 4) is 5.75 Å². The lowest BCUT2D eigenvalue weighted by Gasteiger charge is -2.33. The summed E-state index contributed by atoms with van der Waals surface area (Å²) < 4.78 is 63.0. The molecule has 5 rings (SSSR count). The highest BCUT2D eigenvalue weighted by molar-refractivity contribution is 7.93. The fourth-order valence-electron chi connectivity index (χ4n) is 6.25. The largest absolute Gasteiger partial charge is 0.497 e. The van der Waals surface area contributed by atoms with Gasteiger partial charge in [-0.1, -0.05) is 31.2 Å². The van der Waals surface area contributed by atoms with Crippen LogP contribution in [0.3, 0.4) is 0 Å². The monoisotopic (exact) mass is 881 g/mol. The number of aliphatic carboxylic acids is 2. The van der Waals surface area contributed by atoms with Crippen LogP contribution in [0.15, 0.2) is 107 Å². The fraction of sp³-hybridized carbons (Fsp3) is 0.275. The third-order valence-electron chi connectivity index (χ3n) is 9.32. The molecule has 1 heterocycles. The maximum atomic E-state index is 14.2. The fourth-order valence-corrected chi connectivity index (χ4v) is 9.15. The van der Waals surface area contributed by atoms with Crippen molar-refractivity contribution in [3.05, 3.63) is 97.1 Å². The van der Waals surface area contributed by atoms with Gasteiger partial charge in [0, 0.05) is 67.8 Å². The summed E-state index contributed by atoms with van der Waals surface area (Å²) in [5.74, 6) is -4.18. The number of piperazine rings is 1. The van der Waals surface area contributed by atoms with E-state index in [4.69, 9.17) is 26.4 Å². The van der Waals surface area contributed by atoms with Crippen LogP contribution in [0, 0.1) is 0 Å². The number of nitrogens with two attached hydrogens (primary N) is 2. The van der Waals surface area contributed by atoms with Crippen LogP contribution in [0.2, 0.25) is 0 Å². The first kappa shape index (κ1) is 47.1. The standard InChI is InChI=1S/C36H43N7O8S2.C4H4O4/c1-3-40-20-22-41(23-21-40)19-18-36(46)39-26-8-12-28(13-9-26)52(47,48)42(24-34(37)44)32-16-17-33(31-7-5-4-6-30(31)32)43(25-35(38)45)53(49,50)29-14-10-27(51-2)11-15-29;5-3(6)1-2-4(7)8/h4-17H,3,18-25H2,1-2H3,(H2,37,44)(H2,38,45)(H,39,46);1-2H,(H,5,6)(H,7,8)/b;2-1-. The van der Waals surface area contributed by atoms with Crippen LogP contribution >= 0.6 is 0 Å². The van der Waals surface area contributed by atoms with Crippen LogP contribution in [0.1, 0.15) is 13.3 Å². The summed E-state index contributed by atoms with van der Waals surface area (Å²) in [6.45, 7) is 5.97. The Balaban J connectivity index is 0.000000929. The smallest absolute Gasteiger partial charge is 0.328 e. The molecule has 0 aromatic heterocycles. The number of rotatable bonds is 18. The van der Waals surface area contributed by atoms with Crippen molar-refractivity contribution >= 4 is 77.5 Å². The Morgan fingerprint density at radius 2 is 1.11 bits per heavy atom. The summed E-state index contributed by atoms with van der Waals surface area (Å²) in [5, 5.41) is 18.9. The molecule has 21 heteroatoms. The number of carboxylic acid groups (broad SMARTS) is 2. The summed E-state index contributed by atoms with van der Waals surface area (Å²) in [6, 6.07) is 20.1. The minimum atomic E-state index is -4.46. The second kappa shape index (κ2) is 21.1. The van der Waals surface area contributed by atoms with E-state index in [1.807, 2.05) is 0 Å². The lowest BCUT2D eigenvalue weighted by molar-refractivity contribution is -0.134. The number of amides is 3. The molecule has 0 radical (unpaired) electrons. The summed E-state index contributed by atoms with van der Waals surface area (Å²) in [6.07, 6.45) is 1.39. The number of hydrogen-bond donors (Lipinski definition) is 5.